The van der Waals surface area contributed by atoms with E-state index in [2.05, 4.69) is 30.9 Å². The quantitative estimate of drug-likeness (QED) is 0.899. The van der Waals surface area contributed by atoms with Crippen LogP contribution in [0.15, 0.2) is 4.52 Å². The number of thioether (sulfide) groups is 1. The molecule has 1 aromatic heterocycles. The molecular weight excluding hydrogens is 234 g/mol. The summed E-state index contributed by atoms with van der Waals surface area (Å²) in [5.41, 5.74) is 5.89. The number of hydrogen-bond acceptors (Lipinski definition) is 5. The van der Waals surface area contributed by atoms with Crippen LogP contribution in [0.25, 0.3) is 0 Å². The number of hydrogen-bond donors (Lipinski definition) is 1. The Morgan fingerprint density at radius 1 is 1.41 bits per heavy atom. The largest absolute Gasteiger partial charge is 0.339 e. The fourth-order valence-corrected chi connectivity index (χ4v) is 2.69. The van der Waals surface area contributed by atoms with Crippen LogP contribution < -0.4 is 5.73 Å². The molecule has 2 atom stereocenters. The Hall–Kier alpha value is -0.550. The standard InChI is InChI=1S/C12H21N3OS/c1-12(2,3)17-7-10-14-11(16-15-10)8-4-5-9(13)6-8/h8-9H,4-7,13H2,1-3H3/t8-,9+/m1/s1. The van der Waals surface area contributed by atoms with Crippen molar-refractivity contribution in [3.8, 4) is 0 Å². The number of aromatic nitrogens is 2. The lowest BCUT2D eigenvalue weighted by molar-refractivity contribution is 0.350. The molecule has 2 N–H and O–H groups in total. The predicted octanol–water partition coefficient (Wildman–Crippen LogP) is 2.70. The molecule has 0 bridgehead atoms. The minimum absolute atomic E-state index is 0.233. The van der Waals surface area contributed by atoms with Crippen molar-refractivity contribution < 1.29 is 4.52 Å². The van der Waals surface area contributed by atoms with Gasteiger partial charge in [-0.1, -0.05) is 25.9 Å². The van der Waals surface area contributed by atoms with E-state index in [1.807, 2.05) is 11.8 Å². The van der Waals surface area contributed by atoms with E-state index in [9.17, 15) is 0 Å². The van der Waals surface area contributed by atoms with Crippen molar-refractivity contribution in [1.29, 1.82) is 0 Å². The highest BCUT2D eigenvalue weighted by Crippen LogP contribution is 2.33. The van der Waals surface area contributed by atoms with E-state index in [1.54, 1.807) is 0 Å². The maximum absolute atomic E-state index is 5.89. The van der Waals surface area contributed by atoms with Crippen molar-refractivity contribution in [1.82, 2.24) is 10.1 Å². The van der Waals surface area contributed by atoms with Crippen LogP contribution in [0.2, 0.25) is 0 Å². The Kier molecular flexibility index (Phi) is 3.78. The van der Waals surface area contributed by atoms with E-state index >= 15 is 0 Å². The first kappa shape index (κ1) is 12.9. The third-order valence-corrected chi connectivity index (χ3v) is 4.21. The van der Waals surface area contributed by atoms with Gasteiger partial charge < -0.3 is 10.3 Å². The molecule has 0 spiro atoms. The maximum atomic E-state index is 5.89. The van der Waals surface area contributed by atoms with Crippen molar-refractivity contribution in [2.75, 3.05) is 0 Å². The normalized spacial score (nSPS) is 25.4. The van der Waals surface area contributed by atoms with Crippen molar-refractivity contribution in [2.45, 2.75) is 62.5 Å². The fourth-order valence-electron chi connectivity index (χ4n) is 2.01. The van der Waals surface area contributed by atoms with Gasteiger partial charge >= 0.3 is 0 Å². The van der Waals surface area contributed by atoms with Gasteiger partial charge in [-0.05, 0) is 19.3 Å². The summed E-state index contributed by atoms with van der Waals surface area (Å²) < 4.78 is 5.56. The summed E-state index contributed by atoms with van der Waals surface area (Å²) in [6.45, 7) is 6.57. The molecule has 0 saturated heterocycles. The van der Waals surface area contributed by atoms with Gasteiger partial charge in [-0.2, -0.15) is 4.98 Å². The van der Waals surface area contributed by atoms with E-state index in [4.69, 9.17) is 10.3 Å². The molecule has 0 aromatic carbocycles. The minimum atomic E-state index is 0.233. The monoisotopic (exact) mass is 255 g/mol. The van der Waals surface area contributed by atoms with Crippen molar-refractivity contribution in [2.24, 2.45) is 5.73 Å². The molecule has 0 radical (unpaired) electrons. The second-order valence-electron chi connectivity index (χ2n) is 5.72. The van der Waals surface area contributed by atoms with Gasteiger partial charge in [-0.15, -0.1) is 11.8 Å². The van der Waals surface area contributed by atoms with E-state index in [0.717, 1.165) is 36.7 Å². The van der Waals surface area contributed by atoms with Gasteiger partial charge in [0.2, 0.25) is 5.89 Å². The first-order chi connectivity index (χ1) is 7.94. The van der Waals surface area contributed by atoms with Gasteiger partial charge in [-0.3, -0.25) is 0 Å². The molecule has 1 fully saturated rings. The first-order valence-corrected chi connectivity index (χ1v) is 7.14. The van der Waals surface area contributed by atoms with Crippen molar-refractivity contribution in [3.63, 3.8) is 0 Å². The third-order valence-electron chi connectivity index (χ3n) is 2.94. The van der Waals surface area contributed by atoms with Gasteiger partial charge in [-0.25, -0.2) is 0 Å². The molecule has 1 aliphatic carbocycles. The van der Waals surface area contributed by atoms with Crippen LogP contribution in [-0.4, -0.2) is 20.9 Å². The first-order valence-electron chi connectivity index (χ1n) is 6.16. The summed E-state index contributed by atoms with van der Waals surface area (Å²) in [5, 5.41) is 4.04. The van der Waals surface area contributed by atoms with Gasteiger partial charge in [0.25, 0.3) is 0 Å². The molecule has 1 aromatic rings. The molecule has 0 unspecified atom stereocenters. The summed E-state index contributed by atoms with van der Waals surface area (Å²) in [7, 11) is 0. The molecule has 0 aliphatic heterocycles. The van der Waals surface area contributed by atoms with E-state index in [0.29, 0.717) is 12.0 Å². The number of nitrogens with zero attached hydrogens (tertiary/aromatic N) is 2. The van der Waals surface area contributed by atoms with E-state index in [-0.39, 0.29) is 4.75 Å². The van der Waals surface area contributed by atoms with Crippen LogP contribution in [0.4, 0.5) is 0 Å². The molecule has 5 heteroatoms. The molecule has 1 heterocycles. The van der Waals surface area contributed by atoms with Crippen LogP contribution in [0.3, 0.4) is 0 Å². The third kappa shape index (κ3) is 3.71. The molecule has 1 saturated carbocycles. The van der Waals surface area contributed by atoms with Crippen LogP contribution >= 0.6 is 11.8 Å². The van der Waals surface area contributed by atoms with Crippen LogP contribution in [0.1, 0.15) is 57.7 Å². The van der Waals surface area contributed by atoms with E-state index in [1.165, 1.54) is 0 Å². The maximum Gasteiger partial charge on any atom is 0.229 e. The van der Waals surface area contributed by atoms with Crippen molar-refractivity contribution >= 4 is 11.8 Å². The molecule has 4 nitrogen and oxygen atoms in total. The van der Waals surface area contributed by atoms with E-state index < -0.39 is 0 Å². The minimum Gasteiger partial charge on any atom is -0.339 e. The van der Waals surface area contributed by atoms with Gasteiger partial charge in [0, 0.05) is 16.7 Å². The summed E-state index contributed by atoms with van der Waals surface area (Å²) >= 11 is 1.83. The number of rotatable bonds is 3. The second-order valence-corrected chi connectivity index (χ2v) is 7.52. The SMILES string of the molecule is CC(C)(C)SCc1noc([C@@H]2CC[C@H](N)C2)n1. The number of nitrogens with two attached hydrogens (primary N) is 1. The topological polar surface area (TPSA) is 64.9 Å². The van der Waals surface area contributed by atoms with Gasteiger partial charge in [0.05, 0.1) is 5.75 Å². The highest BCUT2D eigenvalue weighted by Gasteiger charge is 2.27. The molecule has 0 amide bonds. The van der Waals surface area contributed by atoms with Crippen LogP contribution in [-0.2, 0) is 5.75 Å². The van der Waals surface area contributed by atoms with Crippen molar-refractivity contribution in [3.05, 3.63) is 11.7 Å². The zero-order chi connectivity index (χ0) is 12.5. The smallest absolute Gasteiger partial charge is 0.229 e. The molecule has 2 rings (SSSR count). The zero-order valence-corrected chi connectivity index (χ0v) is 11.6. The lowest BCUT2D eigenvalue weighted by Gasteiger charge is -2.15. The average Bonchev–Trinajstić information content (AvgIpc) is 2.81. The molecule has 1 aliphatic rings. The Bertz CT molecular complexity index is 372. The second kappa shape index (κ2) is 4.98. The Balaban J connectivity index is 1.92. The highest BCUT2D eigenvalue weighted by atomic mass is 32.2. The fraction of sp³-hybridized carbons (Fsp3) is 0.833. The van der Waals surface area contributed by atoms with Crippen LogP contribution in [0.5, 0.6) is 0 Å². The van der Waals surface area contributed by atoms with Gasteiger partial charge in [0.15, 0.2) is 5.82 Å². The highest BCUT2D eigenvalue weighted by molar-refractivity contribution is 7.99. The summed E-state index contributed by atoms with van der Waals surface area (Å²) in [6, 6.07) is 0.305. The molecule has 96 valence electrons. The summed E-state index contributed by atoms with van der Waals surface area (Å²) in [6.07, 6.45) is 3.13. The molecule has 17 heavy (non-hydrogen) atoms. The predicted molar refractivity (Wildman–Crippen MR) is 69.9 cm³/mol. The summed E-state index contributed by atoms with van der Waals surface area (Å²) in [4.78, 5) is 4.48. The lowest BCUT2D eigenvalue weighted by Crippen LogP contribution is -2.14. The van der Waals surface area contributed by atoms with Crippen LogP contribution in [0, 0.1) is 0 Å². The average molecular weight is 255 g/mol. The van der Waals surface area contributed by atoms with Gasteiger partial charge in [0.1, 0.15) is 0 Å². The lowest BCUT2D eigenvalue weighted by atomic mass is 10.1. The Labute approximate surface area is 107 Å². The Morgan fingerprint density at radius 3 is 2.76 bits per heavy atom. The Morgan fingerprint density at radius 2 is 2.18 bits per heavy atom. The molecular formula is C12H21N3OS. The zero-order valence-electron chi connectivity index (χ0n) is 10.8. The summed E-state index contributed by atoms with van der Waals surface area (Å²) in [5.74, 6) is 2.78.